The van der Waals surface area contributed by atoms with Gasteiger partial charge in [0.25, 0.3) is 5.91 Å². The number of sulfonamides is 1. The number of ether oxygens (including phenoxy) is 2. The number of carbonyl (C=O) groups excluding carboxylic acids is 1. The number of carbonyl (C=O) groups is 1. The van der Waals surface area contributed by atoms with Crippen molar-refractivity contribution in [1.82, 2.24) is 9.62 Å². The maximum atomic E-state index is 12.7. The van der Waals surface area contributed by atoms with Gasteiger partial charge in [0.2, 0.25) is 10.0 Å². The molecule has 0 aliphatic carbocycles. The second kappa shape index (κ2) is 8.83. The lowest BCUT2D eigenvalue weighted by atomic mass is 10.2. The van der Waals surface area contributed by atoms with Crippen LogP contribution in [-0.2, 0) is 29.4 Å². The zero-order valence-electron chi connectivity index (χ0n) is 15.9. The van der Waals surface area contributed by atoms with Crippen molar-refractivity contribution in [3.8, 4) is 5.75 Å². The van der Waals surface area contributed by atoms with Gasteiger partial charge < -0.3 is 14.8 Å². The van der Waals surface area contributed by atoms with E-state index >= 15 is 0 Å². The highest BCUT2D eigenvalue weighted by Gasteiger charge is 2.31. The van der Waals surface area contributed by atoms with Crippen LogP contribution in [0.4, 0.5) is 5.69 Å². The molecule has 0 aromatic heterocycles. The smallest absolute Gasteiger partial charge is 0.312 e. The summed E-state index contributed by atoms with van der Waals surface area (Å²) in [6.07, 6.45) is 0.294. The number of hydrogen-bond acceptors (Lipinski definition) is 9. The Hall–Kier alpha value is -2.29. The molecule has 12 nitrogen and oxygen atoms in total. The lowest BCUT2D eigenvalue weighted by Crippen LogP contribution is -2.40. The van der Waals surface area contributed by atoms with E-state index in [2.05, 4.69) is 5.32 Å². The molecule has 2 aliphatic heterocycles. The summed E-state index contributed by atoms with van der Waals surface area (Å²) < 4.78 is 59.7. The minimum Gasteiger partial charge on any atom is -0.477 e. The van der Waals surface area contributed by atoms with Gasteiger partial charge in [-0.15, -0.1) is 0 Å². The maximum absolute atomic E-state index is 12.7. The van der Waals surface area contributed by atoms with E-state index in [0.29, 0.717) is 6.42 Å². The molecule has 3 rings (SSSR count). The molecule has 0 bridgehead atoms. The zero-order chi connectivity index (χ0) is 21.9. The summed E-state index contributed by atoms with van der Waals surface area (Å²) in [5, 5.41) is 13.9. The van der Waals surface area contributed by atoms with Crippen LogP contribution in [0, 0.1) is 10.1 Å². The average molecular weight is 463 g/mol. The van der Waals surface area contributed by atoms with Crippen LogP contribution in [0.2, 0.25) is 0 Å². The summed E-state index contributed by atoms with van der Waals surface area (Å²) in [6.45, 7) is 0.184. The lowest BCUT2D eigenvalue weighted by molar-refractivity contribution is -0.386. The molecule has 0 radical (unpaired) electrons. The number of nitrogens with zero attached hydrogens (tertiary/aromatic N) is 2. The fraction of sp³-hybridized carbons (Fsp3) is 0.562. The van der Waals surface area contributed by atoms with Crippen LogP contribution in [0.1, 0.15) is 6.42 Å². The first-order valence-electron chi connectivity index (χ1n) is 9.07. The van der Waals surface area contributed by atoms with Gasteiger partial charge in [-0.1, -0.05) is 0 Å². The van der Waals surface area contributed by atoms with E-state index in [-0.39, 0.29) is 48.5 Å². The Kier molecular flexibility index (Phi) is 6.59. The first-order chi connectivity index (χ1) is 14.1. The van der Waals surface area contributed by atoms with Crippen molar-refractivity contribution >= 4 is 31.5 Å². The predicted octanol–water partition coefficient (Wildman–Crippen LogP) is -0.702. The molecule has 0 unspecified atom stereocenters. The predicted molar refractivity (Wildman–Crippen MR) is 103 cm³/mol. The fourth-order valence-corrected chi connectivity index (χ4v) is 6.28. The largest absolute Gasteiger partial charge is 0.477 e. The van der Waals surface area contributed by atoms with E-state index in [1.165, 1.54) is 10.4 Å². The number of benzene rings is 1. The fourth-order valence-electron chi connectivity index (χ4n) is 3.18. The van der Waals surface area contributed by atoms with Gasteiger partial charge in [-0.2, -0.15) is 4.31 Å². The molecule has 1 atom stereocenters. The van der Waals surface area contributed by atoms with Gasteiger partial charge in [0, 0.05) is 25.2 Å². The van der Waals surface area contributed by atoms with E-state index in [1.54, 1.807) is 0 Å². The SMILES string of the molecule is O=C(COc1ccc(S(=O)(=O)N2CCOCC2)cc1[N+](=O)[O-])N[C@@H]1CCS(=O)(=O)C1. The molecule has 1 amide bonds. The number of nitro groups is 1. The second-order valence-corrected chi connectivity index (χ2v) is 11.0. The Labute approximate surface area is 173 Å². The highest BCUT2D eigenvalue weighted by Crippen LogP contribution is 2.31. The van der Waals surface area contributed by atoms with Gasteiger partial charge in [0.15, 0.2) is 22.2 Å². The summed E-state index contributed by atoms with van der Waals surface area (Å²) in [4.78, 5) is 22.3. The van der Waals surface area contributed by atoms with Crippen LogP contribution in [-0.4, -0.2) is 82.4 Å². The highest BCUT2D eigenvalue weighted by molar-refractivity contribution is 7.91. The van der Waals surface area contributed by atoms with Crippen molar-refractivity contribution in [2.24, 2.45) is 0 Å². The quantitative estimate of drug-likeness (QED) is 0.407. The summed E-state index contributed by atoms with van der Waals surface area (Å²) in [5.41, 5.74) is -0.597. The molecular weight excluding hydrogens is 442 g/mol. The van der Waals surface area contributed by atoms with Crippen molar-refractivity contribution in [1.29, 1.82) is 0 Å². The van der Waals surface area contributed by atoms with E-state index < -0.39 is 49.0 Å². The number of rotatable bonds is 7. The molecule has 14 heteroatoms. The Morgan fingerprint density at radius 2 is 2.03 bits per heavy atom. The first-order valence-corrected chi connectivity index (χ1v) is 12.3. The third-order valence-corrected chi connectivity index (χ3v) is 8.35. The number of amides is 1. The summed E-state index contributed by atoms with van der Waals surface area (Å²) >= 11 is 0. The van der Waals surface area contributed by atoms with Gasteiger partial charge in [-0.05, 0) is 18.6 Å². The van der Waals surface area contributed by atoms with Crippen molar-refractivity contribution in [3.05, 3.63) is 28.3 Å². The van der Waals surface area contributed by atoms with E-state index in [4.69, 9.17) is 9.47 Å². The summed E-state index contributed by atoms with van der Waals surface area (Å²) in [6, 6.07) is 2.66. The van der Waals surface area contributed by atoms with Crippen molar-refractivity contribution in [2.45, 2.75) is 17.4 Å². The summed E-state index contributed by atoms with van der Waals surface area (Å²) in [5.74, 6) is -1.07. The van der Waals surface area contributed by atoms with Gasteiger partial charge in [0.1, 0.15) is 0 Å². The van der Waals surface area contributed by atoms with Gasteiger partial charge in [-0.25, -0.2) is 16.8 Å². The molecule has 0 saturated carbocycles. The average Bonchev–Trinajstić information content (AvgIpc) is 3.04. The zero-order valence-corrected chi connectivity index (χ0v) is 17.5. The number of nitro benzene ring substituents is 1. The monoisotopic (exact) mass is 463 g/mol. The van der Waals surface area contributed by atoms with E-state index in [9.17, 15) is 31.7 Å². The van der Waals surface area contributed by atoms with Crippen molar-refractivity contribution in [3.63, 3.8) is 0 Å². The van der Waals surface area contributed by atoms with Crippen LogP contribution in [0.3, 0.4) is 0 Å². The number of sulfone groups is 1. The minimum atomic E-state index is -3.94. The Bertz CT molecular complexity index is 1030. The van der Waals surface area contributed by atoms with E-state index in [1.807, 2.05) is 0 Å². The standard InChI is InChI=1S/C16H21N3O9S2/c20-16(17-12-3-8-29(23,24)11-12)10-28-15-2-1-13(9-14(15)19(21)22)30(25,26)18-4-6-27-7-5-18/h1-2,9,12H,3-8,10-11H2,(H,17,20)/t12-/m1/s1. The topological polar surface area (TPSA) is 162 Å². The molecule has 1 aromatic rings. The normalized spacial score (nSPS) is 21.8. The molecular formula is C16H21N3O9S2. The first kappa shape index (κ1) is 22.4. The Morgan fingerprint density at radius 1 is 1.33 bits per heavy atom. The third kappa shape index (κ3) is 5.24. The van der Waals surface area contributed by atoms with Gasteiger partial charge in [0.05, 0.1) is 34.5 Å². The molecule has 1 aromatic carbocycles. The van der Waals surface area contributed by atoms with Gasteiger partial charge >= 0.3 is 5.69 Å². The number of morpholine rings is 1. The molecule has 2 aliphatic rings. The minimum absolute atomic E-state index is 0.0106. The maximum Gasteiger partial charge on any atom is 0.312 e. The number of nitrogens with one attached hydrogen (secondary N) is 1. The van der Waals surface area contributed by atoms with Crippen LogP contribution in [0.15, 0.2) is 23.1 Å². The second-order valence-electron chi connectivity index (χ2n) is 6.86. The van der Waals surface area contributed by atoms with Crippen LogP contribution in [0.25, 0.3) is 0 Å². The molecule has 1 N–H and O–H groups in total. The van der Waals surface area contributed by atoms with Gasteiger partial charge in [-0.3, -0.25) is 14.9 Å². The lowest BCUT2D eigenvalue weighted by Gasteiger charge is -2.26. The third-order valence-electron chi connectivity index (χ3n) is 4.69. The van der Waals surface area contributed by atoms with Crippen molar-refractivity contribution < 1.29 is 36.0 Å². The number of hydrogen-bond donors (Lipinski definition) is 1. The molecule has 2 heterocycles. The van der Waals surface area contributed by atoms with Crippen molar-refractivity contribution in [2.75, 3.05) is 44.4 Å². The molecule has 166 valence electrons. The van der Waals surface area contributed by atoms with Crippen LogP contribution in [0.5, 0.6) is 5.75 Å². The highest BCUT2D eigenvalue weighted by atomic mass is 32.2. The van der Waals surface area contributed by atoms with Crippen LogP contribution < -0.4 is 10.1 Å². The summed E-state index contributed by atoms with van der Waals surface area (Å²) in [7, 11) is -7.10. The van der Waals surface area contributed by atoms with Crippen LogP contribution >= 0.6 is 0 Å². The Balaban J connectivity index is 1.69. The van der Waals surface area contributed by atoms with E-state index in [0.717, 1.165) is 12.1 Å². The Morgan fingerprint density at radius 3 is 2.63 bits per heavy atom. The molecule has 2 fully saturated rings. The molecule has 30 heavy (non-hydrogen) atoms. The molecule has 0 spiro atoms. The molecule has 2 saturated heterocycles.